The van der Waals surface area contributed by atoms with Crippen LogP contribution < -0.4 is 9.47 Å². The summed E-state index contributed by atoms with van der Waals surface area (Å²) in [5.41, 5.74) is 0.701. The summed E-state index contributed by atoms with van der Waals surface area (Å²) in [4.78, 5) is 26.1. The third-order valence-electron chi connectivity index (χ3n) is 3.56. The van der Waals surface area contributed by atoms with Crippen molar-refractivity contribution in [2.45, 2.75) is 19.9 Å². The van der Waals surface area contributed by atoms with E-state index in [0.29, 0.717) is 32.9 Å². The summed E-state index contributed by atoms with van der Waals surface area (Å²) >= 11 is 6.39. The summed E-state index contributed by atoms with van der Waals surface area (Å²) < 4.78 is 16.0. The average molecular weight is 381 g/mol. The van der Waals surface area contributed by atoms with Crippen LogP contribution in [-0.4, -0.2) is 48.0 Å². The van der Waals surface area contributed by atoms with E-state index in [4.69, 9.17) is 26.4 Å². The maximum absolute atomic E-state index is 12.7. The highest BCUT2D eigenvalue weighted by Gasteiger charge is 2.38. The van der Waals surface area contributed by atoms with Gasteiger partial charge in [-0.25, -0.2) is 4.79 Å². The maximum Gasteiger partial charge on any atom is 0.328 e. The number of thiocarbonyl (C=S) groups is 1. The van der Waals surface area contributed by atoms with Crippen LogP contribution in [0.5, 0.6) is 11.5 Å². The molecule has 134 valence electrons. The van der Waals surface area contributed by atoms with Crippen molar-refractivity contribution in [1.29, 1.82) is 0 Å². The third kappa shape index (κ3) is 3.96. The molecule has 6 nitrogen and oxygen atoms in total. The van der Waals surface area contributed by atoms with Gasteiger partial charge in [0.2, 0.25) is 0 Å². The maximum atomic E-state index is 12.7. The molecule has 1 fully saturated rings. The van der Waals surface area contributed by atoms with Crippen LogP contribution in [-0.2, 0) is 14.3 Å². The predicted octanol–water partition coefficient (Wildman–Crippen LogP) is 2.86. The fraction of sp³-hybridized carbons (Fsp3) is 0.353. The third-order valence-corrected chi connectivity index (χ3v) is 4.89. The average Bonchev–Trinajstić information content (AvgIpc) is 2.88. The van der Waals surface area contributed by atoms with E-state index in [9.17, 15) is 9.59 Å². The Morgan fingerprint density at radius 3 is 2.72 bits per heavy atom. The van der Waals surface area contributed by atoms with Gasteiger partial charge in [0.25, 0.3) is 5.91 Å². The molecule has 1 amide bonds. The Bertz CT molecular complexity index is 732. The van der Waals surface area contributed by atoms with Gasteiger partial charge in [0.1, 0.15) is 10.4 Å². The summed E-state index contributed by atoms with van der Waals surface area (Å²) in [5, 5.41) is 0. The SMILES string of the molecule is CCOc1c(/C=C2\SC(=S)N(C(C)C(=O)OC)C2=O)cccc1OC. The van der Waals surface area contributed by atoms with Crippen molar-refractivity contribution in [3.05, 3.63) is 28.7 Å². The largest absolute Gasteiger partial charge is 0.493 e. The monoisotopic (exact) mass is 381 g/mol. The number of benzene rings is 1. The van der Waals surface area contributed by atoms with Gasteiger partial charge in [-0.15, -0.1) is 0 Å². The Hall–Kier alpha value is -2.06. The van der Waals surface area contributed by atoms with Gasteiger partial charge in [0.15, 0.2) is 11.5 Å². The van der Waals surface area contributed by atoms with Gasteiger partial charge in [-0.05, 0) is 26.0 Å². The first-order valence-electron chi connectivity index (χ1n) is 7.59. The van der Waals surface area contributed by atoms with E-state index in [2.05, 4.69) is 0 Å². The molecule has 1 aliphatic heterocycles. The van der Waals surface area contributed by atoms with E-state index in [-0.39, 0.29) is 5.91 Å². The zero-order chi connectivity index (χ0) is 18.6. The molecule has 1 atom stereocenters. The molecule has 0 aliphatic carbocycles. The van der Waals surface area contributed by atoms with E-state index in [1.54, 1.807) is 26.2 Å². The molecule has 25 heavy (non-hydrogen) atoms. The first kappa shape index (κ1) is 19.3. The number of carbonyl (C=O) groups is 2. The number of para-hydroxylation sites is 1. The van der Waals surface area contributed by atoms with Crippen LogP contribution in [0.4, 0.5) is 0 Å². The van der Waals surface area contributed by atoms with Crippen molar-refractivity contribution < 1.29 is 23.8 Å². The molecular formula is C17H19NO5S2. The van der Waals surface area contributed by atoms with Crippen molar-refractivity contribution in [2.75, 3.05) is 20.8 Å². The van der Waals surface area contributed by atoms with E-state index in [1.165, 1.54) is 12.0 Å². The lowest BCUT2D eigenvalue weighted by molar-refractivity contribution is -0.147. The molecule has 1 unspecified atom stereocenters. The summed E-state index contributed by atoms with van der Waals surface area (Å²) in [7, 11) is 2.83. The van der Waals surface area contributed by atoms with Crippen LogP contribution in [0.15, 0.2) is 23.1 Å². The van der Waals surface area contributed by atoms with Crippen LogP contribution in [0.2, 0.25) is 0 Å². The van der Waals surface area contributed by atoms with Gasteiger partial charge in [0.05, 0.1) is 25.7 Å². The van der Waals surface area contributed by atoms with E-state index in [0.717, 1.165) is 11.8 Å². The molecule has 0 saturated carbocycles. The molecule has 1 aliphatic rings. The second kappa shape index (κ2) is 8.35. The topological polar surface area (TPSA) is 65.1 Å². The highest BCUT2D eigenvalue weighted by molar-refractivity contribution is 8.26. The van der Waals surface area contributed by atoms with Crippen molar-refractivity contribution >= 4 is 46.3 Å². The lowest BCUT2D eigenvalue weighted by Gasteiger charge is -2.20. The van der Waals surface area contributed by atoms with E-state index in [1.807, 2.05) is 19.1 Å². The summed E-state index contributed by atoms with van der Waals surface area (Å²) in [5.74, 6) is 0.278. The van der Waals surface area contributed by atoms with Crippen LogP contribution >= 0.6 is 24.0 Å². The quantitative estimate of drug-likeness (QED) is 0.426. The standard InChI is InChI=1S/C17H19NO5S2/c1-5-23-14-11(7-6-8-12(14)21-3)9-13-15(19)18(17(24)25-13)10(2)16(20)22-4/h6-10H,5H2,1-4H3/b13-9-. The van der Waals surface area contributed by atoms with Gasteiger partial charge in [0, 0.05) is 5.56 Å². The molecule has 0 radical (unpaired) electrons. The first-order chi connectivity index (χ1) is 11.9. The molecule has 0 bridgehead atoms. The van der Waals surface area contributed by atoms with Crippen LogP contribution in [0.25, 0.3) is 6.08 Å². The van der Waals surface area contributed by atoms with Gasteiger partial charge in [-0.3, -0.25) is 9.69 Å². The van der Waals surface area contributed by atoms with Crippen molar-refractivity contribution in [1.82, 2.24) is 4.90 Å². The first-order valence-corrected chi connectivity index (χ1v) is 8.81. The Labute approximate surface area is 156 Å². The number of rotatable bonds is 6. The van der Waals surface area contributed by atoms with Crippen molar-refractivity contribution in [3.63, 3.8) is 0 Å². The zero-order valence-electron chi connectivity index (χ0n) is 14.4. The predicted molar refractivity (Wildman–Crippen MR) is 101 cm³/mol. The van der Waals surface area contributed by atoms with Gasteiger partial charge in [-0.2, -0.15) is 0 Å². The molecule has 8 heteroatoms. The molecule has 2 rings (SSSR count). The number of hydrogen-bond donors (Lipinski definition) is 0. The fourth-order valence-electron chi connectivity index (χ4n) is 2.34. The second-order valence-corrected chi connectivity index (χ2v) is 6.74. The molecule has 0 N–H and O–H groups in total. The molecule has 0 aromatic heterocycles. The minimum Gasteiger partial charge on any atom is -0.493 e. The minimum absolute atomic E-state index is 0.315. The van der Waals surface area contributed by atoms with Crippen LogP contribution in [0, 0.1) is 0 Å². The number of amides is 1. The molecule has 0 spiro atoms. The van der Waals surface area contributed by atoms with E-state index >= 15 is 0 Å². The number of methoxy groups -OCH3 is 2. The highest BCUT2D eigenvalue weighted by Crippen LogP contribution is 2.38. The Balaban J connectivity index is 2.38. The molecular weight excluding hydrogens is 362 g/mol. The Kier molecular flexibility index (Phi) is 6.44. The number of ether oxygens (including phenoxy) is 3. The number of thioether (sulfide) groups is 1. The summed E-state index contributed by atoms with van der Waals surface area (Å²) in [6, 6.07) is 4.64. The molecule has 1 saturated heterocycles. The van der Waals surface area contributed by atoms with E-state index < -0.39 is 12.0 Å². The number of hydrogen-bond acceptors (Lipinski definition) is 7. The van der Waals surface area contributed by atoms with Crippen molar-refractivity contribution in [3.8, 4) is 11.5 Å². The normalized spacial score (nSPS) is 17.0. The fourth-order valence-corrected chi connectivity index (χ4v) is 3.75. The number of esters is 1. The molecule has 1 aromatic rings. The molecule has 1 aromatic carbocycles. The Morgan fingerprint density at radius 2 is 2.12 bits per heavy atom. The Morgan fingerprint density at radius 1 is 1.40 bits per heavy atom. The van der Waals surface area contributed by atoms with Crippen LogP contribution in [0.1, 0.15) is 19.4 Å². The lowest BCUT2D eigenvalue weighted by Crippen LogP contribution is -2.42. The van der Waals surface area contributed by atoms with Crippen molar-refractivity contribution in [2.24, 2.45) is 0 Å². The van der Waals surface area contributed by atoms with Gasteiger partial charge < -0.3 is 14.2 Å². The minimum atomic E-state index is -0.778. The van der Waals surface area contributed by atoms with Gasteiger partial charge >= 0.3 is 5.97 Å². The highest BCUT2D eigenvalue weighted by atomic mass is 32.2. The smallest absolute Gasteiger partial charge is 0.328 e. The lowest BCUT2D eigenvalue weighted by atomic mass is 10.1. The molecule has 1 heterocycles. The van der Waals surface area contributed by atoms with Gasteiger partial charge in [-0.1, -0.05) is 36.1 Å². The number of carbonyl (C=O) groups excluding carboxylic acids is 2. The second-order valence-electron chi connectivity index (χ2n) is 5.06. The number of nitrogens with zero attached hydrogens (tertiary/aromatic N) is 1. The van der Waals surface area contributed by atoms with Crippen LogP contribution in [0.3, 0.4) is 0 Å². The zero-order valence-corrected chi connectivity index (χ0v) is 16.0. The summed E-state index contributed by atoms with van der Waals surface area (Å²) in [6.07, 6.45) is 1.69. The summed E-state index contributed by atoms with van der Waals surface area (Å²) in [6.45, 7) is 3.91.